The number of aryl methyl sites for hydroxylation is 3. The molecular formula is C27H32. The average Bonchev–Trinajstić information content (AvgIpc) is 2.68. The lowest BCUT2D eigenvalue weighted by molar-refractivity contribution is 0.395. The minimum absolute atomic E-state index is 0.0224. The fourth-order valence-corrected chi connectivity index (χ4v) is 4.41. The van der Waals surface area contributed by atoms with Crippen LogP contribution < -0.4 is 0 Å². The topological polar surface area (TPSA) is 0 Å². The molecule has 140 valence electrons. The molecule has 0 saturated heterocycles. The molecule has 3 aromatic rings. The Hall–Kier alpha value is -2.34. The van der Waals surface area contributed by atoms with Crippen LogP contribution in [0.5, 0.6) is 0 Å². The minimum atomic E-state index is -0.0224. The minimum Gasteiger partial charge on any atom is -0.0653 e. The maximum Gasteiger partial charge on any atom is 0.0268 e. The van der Waals surface area contributed by atoms with Crippen LogP contribution in [0.2, 0.25) is 0 Å². The van der Waals surface area contributed by atoms with Gasteiger partial charge in [0.05, 0.1) is 0 Å². The fraction of sp³-hybridized carbons (Fsp3) is 0.333. The van der Waals surface area contributed by atoms with Gasteiger partial charge in [0.15, 0.2) is 0 Å². The summed E-state index contributed by atoms with van der Waals surface area (Å²) in [5.41, 5.74) is 8.18. The highest BCUT2D eigenvalue weighted by molar-refractivity contribution is 5.46. The lowest BCUT2D eigenvalue weighted by Gasteiger charge is -2.41. The molecule has 27 heavy (non-hydrogen) atoms. The zero-order chi connectivity index (χ0) is 19.4. The Bertz CT molecular complexity index is 806. The Morgan fingerprint density at radius 1 is 0.630 bits per heavy atom. The van der Waals surface area contributed by atoms with Crippen molar-refractivity contribution in [3.05, 3.63) is 106 Å². The number of rotatable bonds is 6. The van der Waals surface area contributed by atoms with Crippen LogP contribution in [0.1, 0.15) is 66.0 Å². The lowest BCUT2D eigenvalue weighted by atomic mass is 9.62. The summed E-state index contributed by atoms with van der Waals surface area (Å²) in [4.78, 5) is 0. The van der Waals surface area contributed by atoms with Gasteiger partial charge in [0.1, 0.15) is 0 Å². The highest BCUT2D eigenvalue weighted by atomic mass is 14.4. The van der Waals surface area contributed by atoms with E-state index in [9.17, 15) is 0 Å². The molecule has 3 rings (SSSR count). The molecule has 3 aromatic carbocycles. The molecule has 0 aliphatic carbocycles. The molecule has 0 N–H and O–H groups in total. The normalized spacial score (nSPS) is 12.8. The van der Waals surface area contributed by atoms with Gasteiger partial charge in [-0.1, -0.05) is 110 Å². The Balaban J connectivity index is 2.23. The number of hydrogen-bond donors (Lipinski definition) is 0. The molecule has 0 bridgehead atoms. The first-order valence-electron chi connectivity index (χ1n) is 10.2. The summed E-state index contributed by atoms with van der Waals surface area (Å²) in [5, 5.41) is 0. The van der Waals surface area contributed by atoms with Crippen molar-refractivity contribution in [1.82, 2.24) is 0 Å². The standard InChI is InChI=1S/C27H32/c1-6-19-27(25-15-9-21(3)10-16-25,26-17-11-22(4)12-18-26)23(5)24-13-7-20(2)8-14-24/h7-18,23H,6,19H2,1-5H3. The molecule has 0 spiro atoms. The lowest BCUT2D eigenvalue weighted by Crippen LogP contribution is -2.34. The summed E-state index contributed by atoms with van der Waals surface area (Å²) >= 11 is 0. The third-order valence-electron chi connectivity index (χ3n) is 6.09. The van der Waals surface area contributed by atoms with Gasteiger partial charge in [0, 0.05) is 5.41 Å². The molecule has 0 heteroatoms. The predicted octanol–water partition coefficient (Wildman–Crippen LogP) is 7.50. The van der Waals surface area contributed by atoms with E-state index in [0.29, 0.717) is 5.92 Å². The summed E-state index contributed by atoms with van der Waals surface area (Å²) in [6.45, 7) is 11.2. The fourth-order valence-electron chi connectivity index (χ4n) is 4.41. The first-order valence-corrected chi connectivity index (χ1v) is 10.2. The summed E-state index contributed by atoms with van der Waals surface area (Å²) in [5.74, 6) is 0.392. The second kappa shape index (κ2) is 8.13. The molecule has 1 unspecified atom stereocenters. The second-order valence-electron chi connectivity index (χ2n) is 8.09. The predicted molar refractivity (Wildman–Crippen MR) is 118 cm³/mol. The summed E-state index contributed by atoms with van der Waals surface area (Å²) in [6, 6.07) is 27.5. The second-order valence-corrected chi connectivity index (χ2v) is 8.09. The average molecular weight is 357 g/mol. The molecule has 0 radical (unpaired) electrons. The van der Waals surface area contributed by atoms with E-state index in [2.05, 4.69) is 107 Å². The van der Waals surface area contributed by atoms with Crippen LogP contribution in [0.15, 0.2) is 72.8 Å². The monoisotopic (exact) mass is 356 g/mol. The van der Waals surface area contributed by atoms with E-state index < -0.39 is 0 Å². The van der Waals surface area contributed by atoms with Gasteiger partial charge in [-0.3, -0.25) is 0 Å². The van der Waals surface area contributed by atoms with E-state index in [1.54, 1.807) is 0 Å². The van der Waals surface area contributed by atoms with Gasteiger partial charge in [0.2, 0.25) is 0 Å². The zero-order valence-corrected chi connectivity index (χ0v) is 17.4. The van der Waals surface area contributed by atoms with Gasteiger partial charge in [-0.25, -0.2) is 0 Å². The first kappa shape index (κ1) is 19.4. The van der Waals surface area contributed by atoms with E-state index in [1.807, 2.05) is 0 Å². The molecule has 0 nitrogen and oxygen atoms in total. The Morgan fingerprint density at radius 2 is 1.00 bits per heavy atom. The van der Waals surface area contributed by atoms with Crippen molar-refractivity contribution in [3.8, 4) is 0 Å². The molecule has 0 aliphatic rings. The molecule has 1 atom stereocenters. The molecule has 0 heterocycles. The Labute approximate surface area is 165 Å². The molecule has 0 aliphatic heterocycles. The van der Waals surface area contributed by atoms with Crippen LogP contribution in [0.25, 0.3) is 0 Å². The van der Waals surface area contributed by atoms with Gasteiger partial charge in [0.25, 0.3) is 0 Å². The highest BCUT2D eigenvalue weighted by Gasteiger charge is 2.39. The van der Waals surface area contributed by atoms with Gasteiger partial charge >= 0.3 is 0 Å². The van der Waals surface area contributed by atoms with Crippen molar-refractivity contribution < 1.29 is 0 Å². The summed E-state index contributed by atoms with van der Waals surface area (Å²) in [7, 11) is 0. The van der Waals surface area contributed by atoms with Crippen LogP contribution in [0.4, 0.5) is 0 Å². The Kier molecular flexibility index (Phi) is 5.85. The van der Waals surface area contributed by atoms with Crippen molar-refractivity contribution >= 4 is 0 Å². The van der Waals surface area contributed by atoms with E-state index in [4.69, 9.17) is 0 Å². The van der Waals surface area contributed by atoms with Crippen LogP contribution in [-0.4, -0.2) is 0 Å². The third kappa shape index (κ3) is 3.86. The smallest absolute Gasteiger partial charge is 0.0268 e. The van der Waals surface area contributed by atoms with Gasteiger partial charge < -0.3 is 0 Å². The zero-order valence-electron chi connectivity index (χ0n) is 17.4. The maximum absolute atomic E-state index is 2.40. The molecular weight excluding hydrogens is 324 g/mol. The van der Waals surface area contributed by atoms with Crippen LogP contribution in [0.3, 0.4) is 0 Å². The van der Waals surface area contributed by atoms with Gasteiger partial charge in [-0.05, 0) is 49.8 Å². The van der Waals surface area contributed by atoms with Gasteiger partial charge in [-0.2, -0.15) is 0 Å². The molecule has 0 aromatic heterocycles. The largest absolute Gasteiger partial charge is 0.0653 e. The number of benzene rings is 3. The summed E-state index contributed by atoms with van der Waals surface area (Å²) < 4.78 is 0. The van der Waals surface area contributed by atoms with E-state index >= 15 is 0 Å². The van der Waals surface area contributed by atoms with E-state index in [1.165, 1.54) is 33.4 Å². The van der Waals surface area contributed by atoms with Crippen molar-refractivity contribution in [3.63, 3.8) is 0 Å². The van der Waals surface area contributed by atoms with Crippen LogP contribution >= 0.6 is 0 Å². The van der Waals surface area contributed by atoms with Crippen molar-refractivity contribution in [1.29, 1.82) is 0 Å². The first-order chi connectivity index (χ1) is 13.0. The maximum atomic E-state index is 2.40. The summed E-state index contributed by atoms with van der Waals surface area (Å²) in [6.07, 6.45) is 2.28. The van der Waals surface area contributed by atoms with Crippen LogP contribution in [0, 0.1) is 20.8 Å². The SMILES string of the molecule is CCCC(c1ccc(C)cc1)(c1ccc(C)cc1)C(C)c1ccc(C)cc1. The molecule has 0 amide bonds. The van der Waals surface area contributed by atoms with E-state index in [0.717, 1.165) is 12.8 Å². The van der Waals surface area contributed by atoms with Crippen LogP contribution in [-0.2, 0) is 5.41 Å². The third-order valence-corrected chi connectivity index (χ3v) is 6.09. The van der Waals surface area contributed by atoms with Crippen molar-refractivity contribution in [2.45, 2.75) is 58.8 Å². The molecule has 0 fully saturated rings. The Morgan fingerprint density at radius 3 is 1.37 bits per heavy atom. The van der Waals surface area contributed by atoms with Crippen molar-refractivity contribution in [2.75, 3.05) is 0 Å². The highest BCUT2D eigenvalue weighted by Crippen LogP contribution is 2.48. The van der Waals surface area contributed by atoms with Crippen molar-refractivity contribution in [2.24, 2.45) is 0 Å². The van der Waals surface area contributed by atoms with E-state index in [-0.39, 0.29) is 5.41 Å². The quantitative estimate of drug-likeness (QED) is 0.429. The number of hydrogen-bond acceptors (Lipinski definition) is 0. The van der Waals surface area contributed by atoms with Gasteiger partial charge in [-0.15, -0.1) is 0 Å². The molecule has 0 saturated carbocycles.